The molecule has 1 aliphatic rings. The molecule has 4 nitrogen and oxygen atoms in total. The number of carbonyl (C=O) groups excluding carboxylic acids is 1. The van der Waals surface area contributed by atoms with E-state index in [1.807, 2.05) is 48.2 Å². The summed E-state index contributed by atoms with van der Waals surface area (Å²) in [6, 6.07) is 25.0. The monoisotopic (exact) mass is 441 g/mol. The molecule has 0 saturated carbocycles. The van der Waals surface area contributed by atoms with Crippen LogP contribution in [0, 0.1) is 12.7 Å². The van der Waals surface area contributed by atoms with Crippen LogP contribution < -0.4 is 4.90 Å². The lowest BCUT2D eigenvalue weighted by atomic mass is 9.99. The van der Waals surface area contributed by atoms with Crippen molar-refractivity contribution < 1.29 is 9.18 Å². The fourth-order valence-electron chi connectivity index (χ4n) is 4.95. The minimum atomic E-state index is -0.337. The zero-order valence-electron chi connectivity index (χ0n) is 18.8. The van der Waals surface area contributed by atoms with Crippen LogP contribution in [0.1, 0.15) is 34.5 Å². The molecule has 0 radical (unpaired) electrons. The molecule has 3 aromatic carbocycles. The molecule has 1 fully saturated rings. The quantitative estimate of drug-likeness (QED) is 0.417. The SMILES string of the molecule is Cc1[nH]c2ccc(F)cc2c1C(=O)N(c1ccccc1)C1CCN(Cc2ccccc2)CC1. The fraction of sp³-hybridized carbons (Fsp3) is 0.250. The molecule has 1 N–H and O–H groups in total. The molecule has 5 rings (SSSR count). The lowest BCUT2D eigenvalue weighted by Crippen LogP contribution is -2.47. The van der Waals surface area contributed by atoms with Gasteiger partial charge >= 0.3 is 0 Å². The molecule has 0 atom stereocenters. The van der Waals surface area contributed by atoms with E-state index in [1.54, 1.807) is 6.07 Å². The molecule has 0 unspecified atom stereocenters. The topological polar surface area (TPSA) is 39.3 Å². The van der Waals surface area contributed by atoms with Gasteiger partial charge in [-0.3, -0.25) is 9.69 Å². The minimum absolute atomic E-state index is 0.0722. The number of para-hydroxylation sites is 1. The lowest BCUT2D eigenvalue weighted by Gasteiger charge is -2.38. The molecular weight excluding hydrogens is 413 g/mol. The van der Waals surface area contributed by atoms with Gasteiger partial charge in [-0.2, -0.15) is 0 Å². The summed E-state index contributed by atoms with van der Waals surface area (Å²) in [6.45, 7) is 4.67. The Hall–Kier alpha value is -3.44. The Kier molecular flexibility index (Phi) is 5.97. The highest BCUT2D eigenvalue weighted by Crippen LogP contribution is 2.30. The predicted octanol–water partition coefficient (Wildman–Crippen LogP) is 5.93. The van der Waals surface area contributed by atoms with Crippen LogP contribution in [-0.2, 0) is 6.54 Å². The minimum Gasteiger partial charge on any atom is -0.358 e. The summed E-state index contributed by atoms with van der Waals surface area (Å²) in [4.78, 5) is 21.6. The predicted molar refractivity (Wildman–Crippen MR) is 131 cm³/mol. The maximum atomic E-state index is 14.0. The summed E-state index contributed by atoms with van der Waals surface area (Å²) in [5.74, 6) is -0.409. The highest BCUT2D eigenvalue weighted by atomic mass is 19.1. The zero-order valence-corrected chi connectivity index (χ0v) is 18.8. The number of nitrogens with one attached hydrogen (secondary N) is 1. The molecule has 5 heteroatoms. The van der Waals surface area contributed by atoms with E-state index in [0.29, 0.717) is 10.9 Å². The third-order valence-electron chi connectivity index (χ3n) is 6.59. The first-order chi connectivity index (χ1) is 16.1. The van der Waals surface area contributed by atoms with Crippen molar-refractivity contribution in [1.29, 1.82) is 0 Å². The summed E-state index contributed by atoms with van der Waals surface area (Å²) in [5.41, 5.74) is 4.30. The summed E-state index contributed by atoms with van der Waals surface area (Å²) in [7, 11) is 0. The number of benzene rings is 3. The van der Waals surface area contributed by atoms with E-state index in [0.717, 1.165) is 49.4 Å². The van der Waals surface area contributed by atoms with Gasteiger partial charge < -0.3 is 9.88 Å². The first kappa shape index (κ1) is 21.4. The normalized spacial score (nSPS) is 15.1. The maximum Gasteiger partial charge on any atom is 0.260 e. The number of H-pyrrole nitrogens is 1. The van der Waals surface area contributed by atoms with E-state index < -0.39 is 0 Å². The van der Waals surface area contributed by atoms with Crippen LogP contribution in [0.25, 0.3) is 10.9 Å². The number of likely N-dealkylation sites (tertiary alicyclic amines) is 1. The highest BCUT2D eigenvalue weighted by Gasteiger charge is 2.32. The average Bonchev–Trinajstić information content (AvgIpc) is 3.16. The molecular formula is C28H28FN3O. The molecule has 4 aromatic rings. The van der Waals surface area contributed by atoms with Crippen molar-refractivity contribution in [3.05, 3.63) is 102 Å². The number of amides is 1. The van der Waals surface area contributed by atoms with Crippen LogP contribution in [0.5, 0.6) is 0 Å². The van der Waals surface area contributed by atoms with Crippen molar-refractivity contribution in [3.63, 3.8) is 0 Å². The Morgan fingerprint density at radius 1 is 1.00 bits per heavy atom. The van der Waals surface area contributed by atoms with Gasteiger partial charge in [0.15, 0.2) is 0 Å². The molecule has 0 bridgehead atoms. The van der Waals surface area contributed by atoms with E-state index in [1.165, 1.54) is 17.7 Å². The van der Waals surface area contributed by atoms with Gasteiger partial charge in [0.05, 0.1) is 5.56 Å². The third-order valence-corrected chi connectivity index (χ3v) is 6.59. The van der Waals surface area contributed by atoms with E-state index in [4.69, 9.17) is 0 Å². The van der Waals surface area contributed by atoms with Crippen molar-refractivity contribution in [1.82, 2.24) is 9.88 Å². The van der Waals surface area contributed by atoms with Crippen molar-refractivity contribution in [2.24, 2.45) is 0 Å². The van der Waals surface area contributed by atoms with Crippen LogP contribution in [0.15, 0.2) is 78.9 Å². The smallest absolute Gasteiger partial charge is 0.260 e. The number of aromatic nitrogens is 1. The molecule has 1 saturated heterocycles. The second-order valence-electron chi connectivity index (χ2n) is 8.82. The average molecular weight is 442 g/mol. The van der Waals surface area contributed by atoms with Gasteiger partial charge in [0.25, 0.3) is 5.91 Å². The highest BCUT2D eigenvalue weighted by molar-refractivity contribution is 6.15. The van der Waals surface area contributed by atoms with Gasteiger partial charge in [-0.15, -0.1) is 0 Å². The Labute approximate surface area is 193 Å². The number of aromatic amines is 1. The standard InChI is InChI=1S/C28H28FN3O/c1-20-27(25-18-22(29)12-13-26(25)30-20)28(33)32(23-10-6-3-7-11-23)24-14-16-31(17-15-24)19-21-8-4-2-5-9-21/h2-13,18,24,30H,14-17,19H2,1H3. The summed E-state index contributed by atoms with van der Waals surface area (Å²) >= 11 is 0. The van der Waals surface area contributed by atoms with Gasteiger partial charge in [-0.25, -0.2) is 4.39 Å². The molecule has 2 heterocycles. The van der Waals surface area contributed by atoms with Crippen molar-refractivity contribution in [2.45, 2.75) is 32.4 Å². The maximum absolute atomic E-state index is 14.0. The first-order valence-electron chi connectivity index (χ1n) is 11.5. The number of nitrogens with zero attached hydrogens (tertiary/aromatic N) is 2. The van der Waals surface area contributed by atoms with Gasteiger partial charge in [0.1, 0.15) is 5.82 Å². The van der Waals surface area contributed by atoms with Gasteiger partial charge in [0.2, 0.25) is 0 Å². The Morgan fingerprint density at radius 3 is 2.36 bits per heavy atom. The number of hydrogen-bond acceptors (Lipinski definition) is 2. The number of halogens is 1. The summed E-state index contributed by atoms with van der Waals surface area (Å²) in [6.07, 6.45) is 1.78. The molecule has 1 amide bonds. The summed E-state index contributed by atoms with van der Waals surface area (Å²) < 4.78 is 14.0. The van der Waals surface area contributed by atoms with Crippen LogP contribution >= 0.6 is 0 Å². The van der Waals surface area contributed by atoms with Crippen molar-refractivity contribution in [2.75, 3.05) is 18.0 Å². The zero-order chi connectivity index (χ0) is 22.8. The Morgan fingerprint density at radius 2 is 1.67 bits per heavy atom. The molecule has 168 valence electrons. The van der Waals surface area contributed by atoms with Crippen LogP contribution in [0.3, 0.4) is 0 Å². The van der Waals surface area contributed by atoms with Crippen LogP contribution in [0.4, 0.5) is 10.1 Å². The van der Waals surface area contributed by atoms with Crippen LogP contribution in [0.2, 0.25) is 0 Å². The van der Waals surface area contributed by atoms with E-state index in [2.05, 4.69) is 34.1 Å². The van der Waals surface area contributed by atoms with Gasteiger partial charge in [0, 0.05) is 48.0 Å². The second kappa shape index (κ2) is 9.20. The van der Waals surface area contributed by atoms with Gasteiger partial charge in [-0.1, -0.05) is 48.5 Å². The number of piperidine rings is 1. The largest absolute Gasteiger partial charge is 0.358 e. The molecule has 0 aliphatic carbocycles. The third kappa shape index (κ3) is 4.41. The number of hydrogen-bond donors (Lipinski definition) is 1. The van der Waals surface area contributed by atoms with E-state index >= 15 is 0 Å². The molecule has 1 aliphatic heterocycles. The molecule has 1 aromatic heterocycles. The van der Waals surface area contributed by atoms with Crippen LogP contribution in [-0.4, -0.2) is 34.9 Å². The Balaban J connectivity index is 1.43. The number of rotatable bonds is 5. The Bertz CT molecular complexity index is 1240. The first-order valence-corrected chi connectivity index (χ1v) is 11.5. The van der Waals surface area contributed by atoms with Gasteiger partial charge in [-0.05, 0) is 55.7 Å². The van der Waals surface area contributed by atoms with E-state index in [-0.39, 0.29) is 17.8 Å². The van der Waals surface area contributed by atoms with Crippen molar-refractivity contribution >= 4 is 22.5 Å². The second-order valence-corrected chi connectivity index (χ2v) is 8.82. The number of carbonyl (C=O) groups is 1. The molecule has 0 spiro atoms. The fourth-order valence-corrected chi connectivity index (χ4v) is 4.95. The molecule has 33 heavy (non-hydrogen) atoms. The summed E-state index contributed by atoms with van der Waals surface area (Å²) in [5, 5.41) is 0.639. The number of aryl methyl sites for hydroxylation is 1. The number of fused-ring (bicyclic) bond motifs is 1. The van der Waals surface area contributed by atoms with E-state index in [9.17, 15) is 9.18 Å². The van der Waals surface area contributed by atoms with Crippen molar-refractivity contribution in [3.8, 4) is 0 Å². The number of anilines is 1. The lowest BCUT2D eigenvalue weighted by molar-refractivity contribution is 0.0959.